The molecule has 0 atom stereocenters. The van der Waals surface area contributed by atoms with Gasteiger partial charge in [-0.15, -0.1) is 11.8 Å². The summed E-state index contributed by atoms with van der Waals surface area (Å²) in [6, 6.07) is 0. The number of hydrogen-bond acceptors (Lipinski definition) is 6. The lowest BCUT2D eigenvalue weighted by molar-refractivity contribution is -0.140. The molecule has 88 valence electrons. The van der Waals surface area contributed by atoms with Gasteiger partial charge in [-0.05, 0) is 15.9 Å². The third kappa shape index (κ3) is 3.64. The van der Waals surface area contributed by atoms with Crippen LogP contribution in [0.4, 0.5) is 5.82 Å². The molecule has 0 saturated heterocycles. The SMILES string of the molecule is CNc1ncnc(SCCC(=O)OC)c1Br. The Bertz CT molecular complexity index is 376. The predicted octanol–water partition coefficient (Wildman–Crippen LogP) is 1.94. The second-order valence-electron chi connectivity index (χ2n) is 2.77. The minimum atomic E-state index is -0.216. The van der Waals surface area contributed by atoms with Crippen molar-refractivity contribution in [1.82, 2.24) is 9.97 Å². The number of anilines is 1. The Morgan fingerprint density at radius 2 is 2.38 bits per heavy atom. The van der Waals surface area contributed by atoms with Crippen LogP contribution in [-0.2, 0) is 9.53 Å². The normalized spacial score (nSPS) is 9.94. The smallest absolute Gasteiger partial charge is 0.306 e. The molecule has 0 bridgehead atoms. The van der Waals surface area contributed by atoms with Crippen LogP contribution >= 0.6 is 27.7 Å². The summed E-state index contributed by atoms with van der Waals surface area (Å²) in [7, 11) is 3.17. The minimum absolute atomic E-state index is 0.216. The van der Waals surface area contributed by atoms with Crippen molar-refractivity contribution in [1.29, 1.82) is 0 Å². The maximum absolute atomic E-state index is 10.9. The van der Waals surface area contributed by atoms with Gasteiger partial charge in [0.2, 0.25) is 0 Å². The molecule has 0 radical (unpaired) electrons. The summed E-state index contributed by atoms with van der Waals surface area (Å²) in [6.45, 7) is 0. The third-order valence-electron chi connectivity index (χ3n) is 1.77. The van der Waals surface area contributed by atoms with Crippen molar-refractivity contribution in [3.63, 3.8) is 0 Å². The molecule has 0 aliphatic rings. The number of aromatic nitrogens is 2. The van der Waals surface area contributed by atoms with Gasteiger partial charge in [0.15, 0.2) is 0 Å². The molecule has 0 aromatic carbocycles. The molecule has 0 unspecified atom stereocenters. The van der Waals surface area contributed by atoms with E-state index in [4.69, 9.17) is 0 Å². The molecule has 5 nitrogen and oxygen atoms in total. The number of ether oxygens (including phenoxy) is 1. The van der Waals surface area contributed by atoms with Gasteiger partial charge in [0.05, 0.1) is 18.0 Å². The van der Waals surface area contributed by atoms with Gasteiger partial charge in [0.1, 0.15) is 17.2 Å². The fourth-order valence-corrected chi connectivity index (χ4v) is 2.52. The van der Waals surface area contributed by atoms with Crippen LogP contribution in [0.15, 0.2) is 15.8 Å². The molecular formula is C9H12BrN3O2S. The van der Waals surface area contributed by atoms with E-state index >= 15 is 0 Å². The van der Waals surface area contributed by atoms with Crippen molar-refractivity contribution < 1.29 is 9.53 Å². The number of halogens is 1. The van der Waals surface area contributed by atoms with Crippen LogP contribution in [0, 0.1) is 0 Å². The van der Waals surface area contributed by atoms with E-state index in [1.54, 1.807) is 7.05 Å². The number of methoxy groups -OCH3 is 1. The summed E-state index contributed by atoms with van der Waals surface area (Å²) < 4.78 is 5.37. The highest BCUT2D eigenvalue weighted by atomic mass is 79.9. The molecule has 0 fully saturated rings. The molecule has 0 aliphatic heterocycles. The largest absolute Gasteiger partial charge is 0.469 e. The van der Waals surface area contributed by atoms with Crippen molar-refractivity contribution in [3.8, 4) is 0 Å². The Morgan fingerprint density at radius 1 is 1.62 bits per heavy atom. The summed E-state index contributed by atoms with van der Waals surface area (Å²) >= 11 is 4.88. The van der Waals surface area contributed by atoms with Gasteiger partial charge in [0, 0.05) is 12.8 Å². The van der Waals surface area contributed by atoms with Gasteiger partial charge in [-0.2, -0.15) is 0 Å². The number of nitrogens with one attached hydrogen (secondary N) is 1. The number of carbonyl (C=O) groups is 1. The first-order valence-corrected chi connectivity index (χ1v) is 6.34. The van der Waals surface area contributed by atoms with Crippen LogP contribution in [-0.4, -0.2) is 35.8 Å². The van der Waals surface area contributed by atoms with E-state index in [9.17, 15) is 4.79 Å². The van der Waals surface area contributed by atoms with E-state index < -0.39 is 0 Å². The highest BCUT2D eigenvalue weighted by Crippen LogP contribution is 2.29. The first-order valence-electron chi connectivity index (χ1n) is 4.57. The van der Waals surface area contributed by atoms with E-state index in [0.29, 0.717) is 12.2 Å². The van der Waals surface area contributed by atoms with Crippen LogP contribution in [0.5, 0.6) is 0 Å². The Morgan fingerprint density at radius 3 is 3.00 bits per heavy atom. The van der Waals surface area contributed by atoms with Crippen LogP contribution in [0.3, 0.4) is 0 Å². The highest BCUT2D eigenvalue weighted by molar-refractivity contribution is 9.10. The summed E-state index contributed by atoms with van der Waals surface area (Å²) in [6.07, 6.45) is 1.85. The summed E-state index contributed by atoms with van der Waals surface area (Å²) in [5, 5.41) is 3.75. The lowest BCUT2D eigenvalue weighted by Crippen LogP contribution is -2.02. The molecule has 0 amide bonds. The monoisotopic (exact) mass is 305 g/mol. The fourth-order valence-electron chi connectivity index (χ4n) is 0.962. The molecule has 1 rings (SSSR count). The van der Waals surface area contributed by atoms with E-state index in [-0.39, 0.29) is 5.97 Å². The molecule has 1 aromatic rings. The molecule has 7 heteroatoms. The number of nitrogens with zero attached hydrogens (tertiary/aromatic N) is 2. The molecule has 1 aromatic heterocycles. The molecule has 0 saturated carbocycles. The van der Waals surface area contributed by atoms with Crippen molar-refractivity contribution in [3.05, 3.63) is 10.8 Å². The average molecular weight is 306 g/mol. The maximum Gasteiger partial charge on any atom is 0.306 e. The van der Waals surface area contributed by atoms with Crippen LogP contribution < -0.4 is 5.32 Å². The quantitative estimate of drug-likeness (QED) is 0.509. The Hall–Kier alpha value is -0.820. The number of hydrogen-bond donors (Lipinski definition) is 1. The molecule has 0 aliphatic carbocycles. The second-order valence-corrected chi connectivity index (χ2v) is 4.64. The Kier molecular flexibility index (Phi) is 5.54. The Labute approximate surface area is 107 Å². The van der Waals surface area contributed by atoms with Crippen molar-refractivity contribution >= 4 is 39.5 Å². The van der Waals surface area contributed by atoms with E-state index in [0.717, 1.165) is 15.3 Å². The zero-order chi connectivity index (χ0) is 12.0. The Balaban J connectivity index is 2.57. The van der Waals surface area contributed by atoms with Gasteiger partial charge in [-0.1, -0.05) is 0 Å². The zero-order valence-corrected chi connectivity index (χ0v) is 11.4. The molecular weight excluding hydrogens is 294 g/mol. The molecule has 1 heterocycles. The van der Waals surface area contributed by atoms with Crippen molar-refractivity contribution in [2.24, 2.45) is 0 Å². The summed E-state index contributed by atoms with van der Waals surface area (Å²) in [5.74, 6) is 1.15. The lowest BCUT2D eigenvalue weighted by atomic mass is 10.5. The molecule has 1 N–H and O–H groups in total. The highest BCUT2D eigenvalue weighted by Gasteiger charge is 2.08. The van der Waals surface area contributed by atoms with Crippen molar-refractivity contribution in [2.75, 3.05) is 25.2 Å². The van der Waals surface area contributed by atoms with Gasteiger partial charge in [-0.25, -0.2) is 9.97 Å². The van der Waals surface area contributed by atoms with E-state index in [1.807, 2.05) is 0 Å². The number of esters is 1. The number of carbonyl (C=O) groups excluding carboxylic acids is 1. The lowest BCUT2D eigenvalue weighted by Gasteiger charge is -2.06. The van der Waals surface area contributed by atoms with Gasteiger partial charge in [0.25, 0.3) is 0 Å². The number of rotatable bonds is 5. The summed E-state index contributed by atoms with van der Waals surface area (Å²) in [5.41, 5.74) is 0. The standard InChI is InChI=1S/C9H12BrN3O2S/c1-11-8-7(10)9(13-5-12-8)16-4-3-6(14)15-2/h5H,3-4H2,1-2H3,(H,11,12,13). The molecule has 0 spiro atoms. The first-order chi connectivity index (χ1) is 7.69. The van der Waals surface area contributed by atoms with Crippen LogP contribution in [0.25, 0.3) is 0 Å². The predicted molar refractivity (Wildman–Crippen MR) is 66.6 cm³/mol. The molecule has 16 heavy (non-hydrogen) atoms. The van der Waals surface area contributed by atoms with Gasteiger partial charge in [-0.3, -0.25) is 4.79 Å². The minimum Gasteiger partial charge on any atom is -0.469 e. The maximum atomic E-state index is 10.9. The van der Waals surface area contributed by atoms with Crippen LogP contribution in [0.1, 0.15) is 6.42 Å². The van der Waals surface area contributed by atoms with E-state index in [1.165, 1.54) is 25.2 Å². The third-order valence-corrected chi connectivity index (χ3v) is 3.77. The van der Waals surface area contributed by atoms with Crippen molar-refractivity contribution in [2.45, 2.75) is 11.4 Å². The van der Waals surface area contributed by atoms with E-state index in [2.05, 4.69) is 36.0 Å². The fraction of sp³-hybridized carbons (Fsp3) is 0.444. The summed E-state index contributed by atoms with van der Waals surface area (Å²) in [4.78, 5) is 19.1. The zero-order valence-electron chi connectivity index (χ0n) is 8.99. The number of thioether (sulfide) groups is 1. The second kappa shape index (κ2) is 6.70. The van der Waals surface area contributed by atoms with Gasteiger partial charge >= 0.3 is 5.97 Å². The van der Waals surface area contributed by atoms with Crippen LogP contribution in [0.2, 0.25) is 0 Å². The topological polar surface area (TPSA) is 64.1 Å². The first kappa shape index (κ1) is 13.2. The average Bonchev–Trinajstić information content (AvgIpc) is 2.31. The van der Waals surface area contributed by atoms with Gasteiger partial charge < -0.3 is 10.1 Å².